The van der Waals surface area contributed by atoms with E-state index in [4.69, 9.17) is 4.74 Å². The minimum atomic E-state index is -0.797. The van der Waals surface area contributed by atoms with Crippen molar-refractivity contribution in [3.8, 4) is 0 Å². The molecule has 1 heterocycles. The van der Waals surface area contributed by atoms with Gasteiger partial charge in [0.1, 0.15) is 12.2 Å². The molecular formula is C11H14O5. The highest BCUT2D eigenvalue weighted by Crippen LogP contribution is 2.36. The Morgan fingerprint density at radius 2 is 1.94 bits per heavy atom. The van der Waals surface area contributed by atoms with Gasteiger partial charge in [-0.3, -0.25) is 4.79 Å². The average Bonchev–Trinajstić information content (AvgIpc) is 2.44. The summed E-state index contributed by atoms with van der Waals surface area (Å²) in [5.74, 6) is -1.91. The topological polar surface area (TPSA) is 69.7 Å². The lowest BCUT2D eigenvalue weighted by molar-refractivity contribution is -0.139. The smallest absolute Gasteiger partial charge is 0.342 e. The number of ether oxygens (including phenoxy) is 2. The minimum Gasteiger partial charge on any atom is -0.465 e. The molecule has 0 atom stereocenters. The van der Waals surface area contributed by atoms with Gasteiger partial charge in [0.15, 0.2) is 5.78 Å². The van der Waals surface area contributed by atoms with E-state index in [1.165, 1.54) is 14.0 Å². The third-order valence-electron chi connectivity index (χ3n) is 2.44. The van der Waals surface area contributed by atoms with E-state index in [9.17, 15) is 14.4 Å². The van der Waals surface area contributed by atoms with Crippen LogP contribution in [0.25, 0.3) is 0 Å². The number of Topliss-reactive ketones (excluding diaryl/α,β-unsaturated/α-hetero) is 1. The van der Waals surface area contributed by atoms with Gasteiger partial charge in [0.25, 0.3) is 0 Å². The van der Waals surface area contributed by atoms with E-state index in [1.807, 2.05) is 0 Å². The van der Waals surface area contributed by atoms with E-state index >= 15 is 0 Å². The first-order chi connectivity index (χ1) is 7.31. The molecule has 0 aromatic heterocycles. The molecule has 1 fully saturated rings. The van der Waals surface area contributed by atoms with Gasteiger partial charge >= 0.3 is 11.9 Å². The van der Waals surface area contributed by atoms with Crippen molar-refractivity contribution in [1.29, 1.82) is 0 Å². The SMILES string of the molecule is COC(=O)/C(C(C)=O)=C1\C(=O)OCC1(C)C. The maximum atomic E-state index is 11.5. The van der Waals surface area contributed by atoms with Crippen LogP contribution in [0.1, 0.15) is 20.8 Å². The monoisotopic (exact) mass is 226 g/mol. The van der Waals surface area contributed by atoms with Crippen LogP contribution in [0.3, 0.4) is 0 Å². The third-order valence-corrected chi connectivity index (χ3v) is 2.44. The highest BCUT2D eigenvalue weighted by Gasteiger charge is 2.43. The number of methoxy groups -OCH3 is 1. The highest BCUT2D eigenvalue weighted by molar-refractivity contribution is 6.21. The largest absolute Gasteiger partial charge is 0.465 e. The fourth-order valence-corrected chi connectivity index (χ4v) is 1.63. The van der Waals surface area contributed by atoms with Crippen LogP contribution in [0.4, 0.5) is 0 Å². The normalized spacial score (nSPS) is 21.4. The van der Waals surface area contributed by atoms with Gasteiger partial charge in [-0.2, -0.15) is 0 Å². The number of esters is 2. The molecule has 5 nitrogen and oxygen atoms in total. The van der Waals surface area contributed by atoms with Gasteiger partial charge in [-0.15, -0.1) is 0 Å². The van der Waals surface area contributed by atoms with E-state index in [-0.39, 0.29) is 17.8 Å². The molecule has 5 heteroatoms. The molecule has 0 bridgehead atoms. The first kappa shape index (κ1) is 12.4. The number of carbonyl (C=O) groups excluding carboxylic acids is 3. The third kappa shape index (κ3) is 1.98. The molecule has 0 aromatic carbocycles. The molecule has 16 heavy (non-hydrogen) atoms. The van der Waals surface area contributed by atoms with Gasteiger partial charge in [-0.05, 0) is 6.92 Å². The maximum absolute atomic E-state index is 11.5. The summed E-state index contributed by atoms with van der Waals surface area (Å²) in [7, 11) is 1.17. The number of hydrogen-bond acceptors (Lipinski definition) is 5. The van der Waals surface area contributed by atoms with Crippen LogP contribution in [0.15, 0.2) is 11.1 Å². The molecular weight excluding hydrogens is 212 g/mol. The Bertz CT molecular complexity index is 389. The Hall–Kier alpha value is -1.65. The predicted octanol–water partition coefficient (Wildman–Crippen LogP) is 0.628. The number of cyclic esters (lactones) is 1. The lowest BCUT2D eigenvalue weighted by Crippen LogP contribution is -2.23. The molecule has 0 saturated carbocycles. The summed E-state index contributed by atoms with van der Waals surface area (Å²) in [6, 6.07) is 0. The molecule has 88 valence electrons. The van der Waals surface area contributed by atoms with Crippen LogP contribution >= 0.6 is 0 Å². The molecule has 1 rings (SSSR count). The Balaban J connectivity index is 3.41. The lowest BCUT2D eigenvalue weighted by atomic mass is 9.83. The Labute approximate surface area is 93.4 Å². The second kappa shape index (κ2) is 4.08. The van der Waals surface area contributed by atoms with E-state index in [0.717, 1.165) is 0 Å². The Kier molecular flexibility index (Phi) is 3.16. The fourth-order valence-electron chi connectivity index (χ4n) is 1.63. The molecule has 0 unspecified atom stereocenters. The van der Waals surface area contributed by atoms with Crippen molar-refractivity contribution < 1.29 is 23.9 Å². The Morgan fingerprint density at radius 3 is 2.25 bits per heavy atom. The number of rotatable bonds is 2. The molecule has 0 spiro atoms. The van der Waals surface area contributed by atoms with Gasteiger partial charge in [0, 0.05) is 5.41 Å². The summed E-state index contributed by atoms with van der Waals surface area (Å²) in [4.78, 5) is 34.4. The second-order valence-electron chi connectivity index (χ2n) is 4.26. The maximum Gasteiger partial charge on any atom is 0.342 e. The Morgan fingerprint density at radius 1 is 1.38 bits per heavy atom. The van der Waals surface area contributed by atoms with Crippen molar-refractivity contribution in [2.45, 2.75) is 20.8 Å². The molecule has 0 N–H and O–H groups in total. The molecule has 1 saturated heterocycles. The zero-order valence-corrected chi connectivity index (χ0v) is 9.75. The van der Waals surface area contributed by atoms with Crippen molar-refractivity contribution in [3.63, 3.8) is 0 Å². The second-order valence-corrected chi connectivity index (χ2v) is 4.26. The zero-order valence-electron chi connectivity index (χ0n) is 9.75. The first-order valence-corrected chi connectivity index (χ1v) is 4.82. The van der Waals surface area contributed by atoms with E-state index in [1.54, 1.807) is 13.8 Å². The van der Waals surface area contributed by atoms with Crippen LogP contribution in [0.5, 0.6) is 0 Å². The fraction of sp³-hybridized carbons (Fsp3) is 0.545. The quantitative estimate of drug-likeness (QED) is 0.299. The summed E-state index contributed by atoms with van der Waals surface area (Å²) >= 11 is 0. The van der Waals surface area contributed by atoms with Crippen molar-refractivity contribution in [2.24, 2.45) is 5.41 Å². The zero-order chi connectivity index (χ0) is 12.5. The summed E-state index contributed by atoms with van der Waals surface area (Å²) in [5, 5.41) is 0. The van der Waals surface area contributed by atoms with Gasteiger partial charge in [-0.1, -0.05) is 13.8 Å². The molecule has 1 aliphatic heterocycles. The van der Waals surface area contributed by atoms with E-state index in [0.29, 0.717) is 0 Å². The number of ketones is 1. The predicted molar refractivity (Wildman–Crippen MR) is 54.5 cm³/mol. The minimum absolute atomic E-state index is 0.104. The van der Waals surface area contributed by atoms with Crippen molar-refractivity contribution in [1.82, 2.24) is 0 Å². The highest BCUT2D eigenvalue weighted by atomic mass is 16.5. The van der Waals surface area contributed by atoms with Gasteiger partial charge < -0.3 is 9.47 Å². The van der Waals surface area contributed by atoms with Crippen molar-refractivity contribution in [2.75, 3.05) is 13.7 Å². The van der Waals surface area contributed by atoms with Crippen LogP contribution in [0, 0.1) is 5.41 Å². The summed E-state index contributed by atoms with van der Waals surface area (Å²) in [5.41, 5.74) is -0.756. The summed E-state index contributed by atoms with van der Waals surface area (Å²) < 4.78 is 9.35. The molecule has 0 aliphatic carbocycles. The molecule has 0 amide bonds. The van der Waals surface area contributed by atoms with E-state index in [2.05, 4.69) is 4.74 Å². The lowest BCUT2D eigenvalue weighted by Gasteiger charge is -2.16. The van der Waals surface area contributed by atoms with Gasteiger partial charge in [-0.25, -0.2) is 9.59 Å². The first-order valence-electron chi connectivity index (χ1n) is 4.82. The number of carbonyl (C=O) groups is 3. The summed E-state index contributed by atoms with van der Waals surface area (Å²) in [6.07, 6.45) is 0. The standard InChI is InChI=1S/C11H14O5/c1-6(12)7(9(13)15-4)8-10(14)16-5-11(8,2)3/h5H2,1-4H3/b8-7+. The van der Waals surface area contributed by atoms with E-state index < -0.39 is 23.1 Å². The van der Waals surface area contributed by atoms with Crippen LogP contribution in [-0.4, -0.2) is 31.4 Å². The average molecular weight is 226 g/mol. The molecule has 1 aliphatic rings. The number of hydrogen-bond donors (Lipinski definition) is 0. The van der Waals surface area contributed by atoms with Gasteiger partial charge in [0.2, 0.25) is 0 Å². The molecule has 0 radical (unpaired) electrons. The van der Waals surface area contributed by atoms with Crippen LogP contribution in [0.2, 0.25) is 0 Å². The molecule has 0 aromatic rings. The van der Waals surface area contributed by atoms with Crippen LogP contribution in [-0.2, 0) is 23.9 Å². The van der Waals surface area contributed by atoms with Crippen LogP contribution < -0.4 is 0 Å². The van der Waals surface area contributed by atoms with Crippen molar-refractivity contribution in [3.05, 3.63) is 11.1 Å². The van der Waals surface area contributed by atoms with Gasteiger partial charge in [0.05, 0.1) is 12.7 Å². The van der Waals surface area contributed by atoms with Crippen molar-refractivity contribution >= 4 is 17.7 Å². The summed E-state index contributed by atoms with van der Waals surface area (Å²) in [6.45, 7) is 4.86.